The van der Waals surface area contributed by atoms with E-state index in [2.05, 4.69) is 10.3 Å². The molecule has 0 aliphatic carbocycles. The van der Waals surface area contributed by atoms with E-state index in [1.165, 1.54) is 18.4 Å². The largest absolute Gasteiger partial charge is 0.480 e. The number of ether oxygens (including phenoxy) is 1. The topological polar surface area (TPSA) is 94.3 Å². The van der Waals surface area contributed by atoms with Gasteiger partial charge in [-0.2, -0.15) is 11.3 Å². The summed E-state index contributed by atoms with van der Waals surface area (Å²) < 4.78 is 5.11. The van der Waals surface area contributed by atoms with Gasteiger partial charge in [0, 0.05) is 10.8 Å². The molecular formula is C16H13N3O3S. The Labute approximate surface area is 135 Å². The van der Waals surface area contributed by atoms with Gasteiger partial charge in [-0.3, -0.25) is 9.59 Å². The van der Waals surface area contributed by atoms with E-state index in [9.17, 15) is 9.59 Å². The fourth-order valence-electron chi connectivity index (χ4n) is 2.23. The van der Waals surface area contributed by atoms with Crippen LogP contribution >= 0.6 is 11.3 Å². The molecule has 0 bridgehead atoms. The van der Waals surface area contributed by atoms with Crippen molar-refractivity contribution in [1.82, 2.24) is 4.98 Å². The first kappa shape index (κ1) is 15.0. The molecule has 2 aromatic heterocycles. The fourth-order valence-corrected chi connectivity index (χ4v) is 2.82. The number of amides is 2. The highest BCUT2D eigenvalue weighted by atomic mass is 32.1. The first-order valence-electron chi connectivity index (χ1n) is 6.71. The van der Waals surface area contributed by atoms with Crippen molar-refractivity contribution < 1.29 is 14.3 Å². The summed E-state index contributed by atoms with van der Waals surface area (Å²) in [5, 5.41) is 7.15. The third kappa shape index (κ3) is 2.86. The highest BCUT2D eigenvalue weighted by Crippen LogP contribution is 2.25. The zero-order valence-electron chi connectivity index (χ0n) is 12.2. The number of carbonyl (C=O) groups is 2. The zero-order valence-corrected chi connectivity index (χ0v) is 13.0. The number of carbonyl (C=O) groups excluding carboxylic acids is 2. The molecule has 0 aliphatic rings. The van der Waals surface area contributed by atoms with E-state index in [0.29, 0.717) is 16.5 Å². The molecule has 0 spiro atoms. The maximum absolute atomic E-state index is 12.5. The van der Waals surface area contributed by atoms with Crippen LogP contribution in [0.15, 0.2) is 41.1 Å². The van der Waals surface area contributed by atoms with Gasteiger partial charge in [-0.1, -0.05) is 12.1 Å². The second-order valence-corrected chi connectivity index (χ2v) is 5.53. The summed E-state index contributed by atoms with van der Waals surface area (Å²) in [4.78, 5) is 28.2. The number of nitrogens with one attached hydrogen (secondary N) is 1. The number of pyridine rings is 1. The molecule has 0 aliphatic heterocycles. The van der Waals surface area contributed by atoms with Gasteiger partial charge in [-0.15, -0.1) is 0 Å². The number of nitrogens with zero attached hydrogens (tertiary/aromatic N) is 1. The quantitative estimate of drug-likeness (QED) is 0.770. The number of para-hydroxylation sites is 1. The van der Waals surface area contributed by atoms with Gasteiger partial charge in [0.15, 0.2) is 0 Å². The smallest absolute Gasteiger partial charge is 0.257 e. The van der Waals surface area contributed by atoms with Crippen LogP contribution in [0.3, 0.4) is 0 Å². The number of thiophene rings is 1. The summed E-state index contributed by atoms with van der Waals surface area (Å²) in [5.74, 6) is -0.819. The molecule has 3 N–H and O–H groups in total. The summed E-state index contributed by atoms with van der Waals surface area (Å²) in [6, 6.07) is 8.54. The number of benzene rings is 1. The summed E-state index contributed by atoms with van der Waals surface area (Å²) in [5.41, 5.74) is 7.07. The van der Waals surface area contributed by atoms with Gasteiger partial charge in [0.1, 0.15) is 5.56 Å². The fraction of sp³-hybridized carbons (Fsp3) is 0.0625. The van der Waals surface area contributed by atoms with Gasteiger partial charge >= 0.3 is 0 Å². The van der Waals surface area contributed by atoms with E-state index in [-0.39, 0.29) is 17.4 Å². The van der Waals surface area contributed by atoms with E-state index in [0.717, 1.165) is 5.69 Å². The van der Waals surface area contributed by atoms with Crippen LogP contribution in [0.1, 0.15) is 20.7 Å². The standard InChI is InChI=1S/C16H13N3O3S/c1-22-16-12(14(17)20)7-9-3-2-4-11(13(9)19-16)15(21)18-10-5-6-23-8-10/h2-8H,1H3,(H2,17,20)(H,18,21). The average molecular weight is 327 g/mol. The van der Waals surface area contributed by atoms with Gasteiger partial charge in [-0.05, 0) is 23.6 Å². The predicted octanol–water partition coefficient (Wildman–Crippen LogP) is 2.66. The monoisotopic (exact) mass is 327 g/mol. The minimum absolute atomic E-state index is 0.0979. The number of rotatable bonds is 4. The van der Waals surface area contributed by atoms with E-state index in [1.54, 1.807) is 24.3 Å². The molecule has 0 atom stereocenters. The Morgan fingerprint density at radius 2 is 2.09 bits per heavy atom. The number of aromatic nitrogens is 1. The van der Waals surface area contributed by atoms with Crippen LogP contribution in [0, 0.1) is 0 Å². The SMILES string of the molecule is COc1nc2c(C(=O)Nc3ccsc3)cccc2cc1C(N)=O. The van der Waals surface area contributed by atoms with Crippen LogP contribution in [0.5, 0.6) is 5.88 Å². The van der Waals surface area contributed by atoms with Crippen LogP contribution in [0.25, 0.3) is 10.9 Å². The molecule has 7 heteroatoms. The van der Waals surface area contributed by atoms with Gasteiger partial charge in [0.05, 0.1) is 23.9 Å². The predicted molar refractivity (Wildman–Crippen MR) is 89.1 cm³/mol. The van der Waals surface area contributed by atoms with Crippen LogP contribution in [-0.4, -0.2) is 23.9 Å². The number of hydrogen-bond donors (Lipinski definition) is 2. The van der Waals surface area contributed by atoms with Crippen molar-refractivity contribution in [1.29, 1.82) is 0 Å². The van der Waals surface area contributed by atoms with E-state index in [4.69, 9.17) is 10.5 Å². The molecule has 0 fully saturated rings. The third-order valence-electron chi connectivity index (χ3n) is 3.29. The zero-order chi connectivity index (χ0) is 16.4. The maximum atomic E-state index is 12.5. The van der Waals surface area contributed by atoms with Crippen LogP contribution < -0.4 is 15.8 Å². The molecule has 2 amide bonds. The molecule has 0 saturated heterocycles. The Kier molecular flexibility index (Phi) is 3.94. The molecule has 6 nitrogen and oxygen atoms in total. The lowest BCUT2D eigenvalue weighted by Crippen LogP contribution is -2.15. The minimum atomic E-state index is -0.635. The number of methoxy groups -OCH3 is 1. The Morgan fingerprint density at radius 1 is 1.26 bits per heavy atom. The molecule has 1 aromatic carbocycles. The number of nitrogens with two attached hydrogens (primary N) is 1. The van der Waals surface area contributed by atoms with Crippen LogP contribution in [0.4, 0.5) is 5.69 Å². The Balaban J connectivity index is 2.10. The number of primary amides is 1. The third-order valence-corrected chi connectivity index (χ3v) is 3.98. The normalized spacial score (nSPS) is 10.5. The van der Waals surface area contributed by atoms with Gasteiger partial charge in [-0.25, -0.2) is 4.98 Å². The van der Waals surface area contributed by atoms with Crippen molar-refractivity contribution in [3.63, 3.8) is 0 Å². The minimum Gasteiger partial charge on any atom is -0.480 e. The van der Waals surface area contributed by atoms with Crippen molar-refractivity contribution >= 4 is 39.7 Å². The van der Waals surface area contributed by atoms with Crippen molar-refractivity contribution in [2.45, 2.75) is 0 Å². The van der Waals surface area contributed by atoms with Crippen molar-refractivity contribution in [2.75, 3.05) is 12.4 Å². The lowest BCUT2D eigenvalue weighted by atomic mass is 10.1. The molecule has 116 valence electrons. The second-order valence-electron chi connectivity index (χ2n) is 4.75. The summed E-state index contributed by atoms with van der Waals surface area (Å²) >= 11 is 1.49. The van der Waals surface area contributed by atoms with Gasteiger partial charge < -0.3 is 15.8 Å². The molecule has 23 heavy (non-hydrogen) atoms. The Morgan fingerprint density at radius 3 is 2.74 bits per heavy atom. The maximum Gasteiger partial charge on any atom is 0.257 e. The van der Waals surface area contributed by atoms with E-state index < -0.39 is 5.91 Å². The molecule has 0 unspecified atom stereocenters. The molecular weight excluding hydrogens is 314 g/mol. The molecule has 0 saturated carbocycles. The highest BCUT2D eigenvalue weighted by Gasteiger charge is 2.17. The second kappa shape index (κ2) is 6.05. The van der Waals surface area contributed by atoms with E-state index >= 15 is 0 Å². The number of hydrogen-bond acceptors (Lipinski definition) is 5. The van der Waals surface area contributed by atoms with Gasteiger partial charge in [0.2, 0.25) is 5.88 Å². The van der Waals surface area contributed by atoms with Crippen molar-refractivity contribution in [2.24, 2.45) is 5.73 Å². The van der Waals surface area contributed by atoms with Crippen molar-refractivity contribution in [3.8, 4) is 5.88 Å². The van der Waals surface area contributed by atoms with Crippen molar-refractivity contribution in [3.05, 3.63) is 52.2 Å². The summed E-state index contributed by atoms with van der Waals surface area (Å²) in [7, 11) is 1.40. The lowest BCUT2D eigenvalue weighted by molar-refractivity contribution is 0.0995. The number of fused-ring (bicyclic) bond motifs is 1. The molecule has 0 radical (unpaired) electrons. The Hall–Kier alpha value is -2.93. The molecule has 2 heterocycles. The van der Waals surface area contributed by atoms with E-state index in [1.807, 2.05) is 16.8 Å². The summed E-state index contributed by atoms with van der Waals surface area (Å²) in [6.07, 6.45) is 0. The average Bonchev–Trinajstić information content (AvgIpc) is 3.05. The highest BCUT2D eigenvalue weighted by molar-refractivity contribution is 7.08. The van der Waals surface area contributed by atoms with Crippen LogP contribution in [-0.2, 0) is 0 Å². The van der Waals surface area contributed by atoms with Crippen LogP contribution in [0.2, 0.25) is 0 Å². The lowest BCUT2D eigenvalue weighted by Gasteiger charge is -2.10. The summed E-state index contributed by atoms with van der Waals surface area (Å²) in [6.45, 7) is 0. The first-order chi connectivity index (χ1) is 11.1. The first-order valence-corrected chi connectivity index (χ1v) is 7.65. The molecule has 3 rings (SSSR count). The van der Waals surface area contributed by atoms with Gasteiger partial charge in [0.25, 0.3) is 11.8 Å². The number of anilines is 1. The molecule has 3 aromatic rings. The Bertz CT molecular complexity index is 891.